The Balaban J connectivity index is 2.09. The van der Waals surface area contributed by atoms with Gasteiger partial charge in [0.1, 0.15) is 0 Å². The quantitative estimate of drug-likeness (QED) is 0.888. The molecule has 0 bridgehead atoms. The van der Waals surface area contributed by atoms with Crippen molar-refractivity contribution >= 4 is 5.69 Å². The predicted octanol–water partition coefficient (Wildman–Crippen LogP) is 4.12. The molecule has 2 rings (SSSR count). The van der Waals surface area contributed by atoms with Crippen LogP contribution in [0, 0.1) is 12.3 Å². The first-order chi connectivity index (χ1) is 9.37. The van der Waals surface area contributed by atoms with Gasteiger partial charge in [-0.3, -0.25) is 0 Å². The molecule has 0 aliphatic carbocycles. The molecule has 0 spiro atoms. The SMILES string of the molecule is Cc1cc(CNC(C)C)ccc1N1CCCC(C)(C)C1. The molecule has 0 saturated carbocycles. The Labute approximate surface area is 124 Å². The van der Waals surface area contributed by atoms with Crippen LogP contribution in [0.25, 0.3) is 0 Å². The first-order valence-corrected chi connectivity index (χ1v) is 7.95. The highest BCUT2D eigenvalue weighted by molar-refractivity contribution is 5.55. The van der Waals surface area contributed by atoms with E-state index in [1.165, 1.54) is 42.7 Å². The van der Waals surface area contributed by atoms with Crippen LogP contribution in [-0.2, 0) is 6.54 Å². The molecule has 112 valence electrons. The van der Waals surface area contributed by atoms with E-state index in [4.69, 9.17) is 0 Å². The van der Waals surface area contributed by atoms with Crippen LogP contribution < -0.4 is 10.2 Å². The van der Waals surface area contributed by atoms with E-state index >= 15 is 0 Å². The molecule has 20 heavy (non-hydrogen) atoms. The van der Waals surface area contributed by atoms with E-state index in [-0.39, 0.29) is 0 Å². The second-order valence-electron chi connectivity index (χ2n) is 7.35. The zero-order valence-corrected chi connectivity index (χ0v) is 13.8. The van der Waals surface area contributed by atoms with E-state index < -0.39 is 0 Å². The van der Waals surface area contributed by atoms with Gasteiger partial charge >= 0.3 is 0 Å². The number of rotatable bonds is 4. The van der Waals surface area contributed by atoms with Crippen molar-refractivity contribution in [3.63, 3.8) is 0 Å². The van der Waals surface area contributed by atoms with Crippen molar-refractivity contribution in [2.24, 2.45) is 5.41 Å². The average Bonchev–Trinajstić information content (AvgIpc) is 2.35. The fraction of sp³-hybridized carbons (Fsp3) is 0.667. The van der Waals surface area contributed by atoms with Gasteiger partial charge in [0, 0.05) is 31.4 Å². The summed E-state index contributed by atoms with van der Waals surface area (Å²) in [5.41, 5.74) is 4.66. The zero-order chi connectivity index (χ0) is 14.8. The van der Waals surface area contributed by atoms with Crippen LogP contribution in [0.1, 0.15) is 51.7 Å². The van der Waals surface area contributed by atoms with E-state index in [2.05, 4.69) is 63.0 Å². The molecule has 1 saturated heterocycles. The third kappa shape index (κ3) is 3.99. The molecule has 2 heteroatoms. The van der Waals surface area contributed by atoms with E-state index in [9.17, 15) is 0 Å². The second kappa shape index (κ2) is 6.17. The van der Waals surface area contributed by atoms with Crippen molar-refractivity contribution in [2.75, 3.05) is 18.0 Å². The van der Waals surface area contributed by atoms with Gasteiger partial charge in [0.15, 0.2) is 0 Å². The molecule has 1 aromatic carbocycles. The van der Waals surface area contributed by atoms with Crippen LogP contribution in [0.5, 0.6) is 0 Å². The molecule has 1 fully saturated rings. The highest BCUT2D eigenvalue weighted by atomic mass is 15.1. The fourth-order valence-electron chi connectivity index (χ4n) is 3.13. The summed E-state index contributed by atoms with van der Waals surface area (Å²) in [6.45, 7) is 14.7. The number of anilines is 1. The molecule has 1 N–H and O–H groups in total. The van der Waals surface area contributed by atoms with Crippen LogP contribution in [0.2, 0.25) is 0 Å². The molecule has 1 heterocycles. The molecule has 0 aromatic heterocycles. The number of nitrogens with zero attached hydrogens (tertiary/aromatic N) is 1. The summed E-state index contributed by atoms with van der Waals surface area (Å²) in [5, 5.41) is 3.49. The largest absolute Gasteiger partial charge is 0.371 e. The molecular formula is C18H30N2. The fourth-order valence-corrected chi connectivity index (χ4v) is 3.13. The number of piperidine rings is 1. The lowest BCUT2D eigenvalue weighted by Crippen LogP contribution is -2.40. The summed E-state index contributed by atoms with van der Waals surface area (Å²) < 4.78 is 0. The van der Waals surface area contributed by atoms with Crippen molar-refractivity contribution in [1.29, 1.82) is 0 Å². The molecular weight excluding hydrogens is 244 g/mol. The molecule has 2 nitrogen and oxygen atoms in total. The highest BCUT2D eigenvalue weighted by Crippen LogP contribution is 2.33. The van der Waals surface area contributed by atoms with E-state index in [0.29, 0.717) is 11.5 Å². The van der Waals surface area contributed by atoms with Gasteiger partial charge in [0.2, 0.25) is 0 Å². The first-order valence-electron chi connectivity index (χ1n) is 7.95. The van der Waals surface area contributed by atoms with Gasteiger partial charge in [0.05, 0.1) is 0 Å². The van der Waals surface area contributed by atoms with E-state index in [1.54, 1.807) is 0 Å². The zero-order valence-electron chi connectivity index (χ0n) is 13.8. The van der Waals surface area contributed by atoms with Crippen molar-refractivity contribution in [1.82, 2.24) is 5.32 Å². The minimum absolute atomic E-state index is 0.447. The van der Waals surface area contributed by atoms with Gasteiger partial charge in [-0.2, -0.15) is 0 Å². The predicted molar refractivity (Wildman–Crippen MR) is 88.4 cm³/mol. The van der Waals surface area contributed by atoms with Crippen LogP contribution in [0.4, 0.5) is 5.69 Å². The summed E-state index contributed by atoms with van der Waals surface area (Å²) >= 11 is 0. The van der Waals surface area contributed by atoms with Crippen LogP contribution in [0.3, 0.4) is 0 Å². The summed E-state index contributed by atoms with van der Waals surface area (Å²) in [6.07, 6.45) is 2.65. The van der Waals surface area contributed by atoms with Crippen LogP contribution in [-0.4, -0.2) is 19.1 Å². The molecule has 1 aliphatic heterocycles. The first kappa shape index (κ1) is 15.4. The van der Waals surface area contributed by atoms with Gasteiger partial charge in [-0.1, -0.05) is 39.8 Å². The molecule has 0 atom stereocenters. The molecule has 0 amide bonds. The Kier molecular flexibility index (Phi) is 4.74. The van der Waals surface area contributed by atoms with Crippen molar-refractivity contribution in [3.8, 4) is 0 Å². The number of hydrogen-bond acceptors (Lipinski definition) is 2. The number of nitrogens with one attached hydrogen (secondary N) is 1. The van der Waals surface area contributed by atoms with Gasteiger partial charge in [0.25, 0.3) is 0 Å². The maximum Gasteiger partial charge on any atom is 0.0396 e. The molecule has 1 aliphatic rings. The normalized spacial score (nSPS) is 18.6. The van der Waals surface area contributed by atoms with Gasteiger partial charge in [-0.05, 0) is 42.4 Å². The minimum Gasteiger partial charge on any atom is -0.371 e. The lowest BCUT2D eigenvalue weighted by atomic mass is 9.84. The van der Waals surface area contributed by atoms with E-state index in [0.717, 1.165) is 6.54 Å². The Morgan fingerprint density at radius 2 is 2.05 bits per heavy atom. The third-order valence-corrected chi connectivity index (χ3v) is 4.22. The molecule has 0 unspecified atom stereocenters. The van der Waals surface area contributed by atoms with E-state index in [1.807, 2.05) is 0 Å². The van der Waals surface area contributed by atoms with Crippen molar-refractivity contribution in [3.05, 3.63) is 29.3 Å². The van der Waals surface area contributed by atoms with Crippen LogP contribution in [0.15, 0.2) is 18.2 Å². The van der Waals surface area contributed by atoms with Crippen LogP contribution >= 0.6 is 0 Å². The monoisotopic (exact) mass is 274 g/mol. The summed E-state index contributed by atoms with van der Waals surface area (Å²) in [7, 11) is 0. The minimum atomic E-state index is 0.447. The standard InChI is InChI=1S/C18H30N2/c1-14(2)19-12-16-7-8-17(15(3)11-16)20-10-6-9-18(4,5)13-20/h7-8,11,14,19H,6,9-10,12-13H2,1-5H3. The Morgan fingerprint density at radius 1 is 1.30 bits per heavy atom. The maximum absolute atomic E-state index is 3.49. The third-order valence-electron chi connectivity index (χ3n) is 4.22. The Bertz CT molecular complexity index is 449. The summed E-state index contributed by atoms with van der Waals surface area (Å²) in [4.78, 5) is 2.57. The van der Waals surface area contributed by atoms with Gasteiger partial charge in [-0.25, -0.2) is 0 Å². The second-order valence-corrected chi connectivity index (χ2v) is 7.35. The van der Waals surface area contributed by atoms with Gasteiger partial charge < -0.3 is 10.2 Å². The lowest BCUT2D eigenvalue weighted by molar-refractivity contribution is 0.293. The summed E-state index contributed by atoms with van der Waals surface area (Å²) in [6, 6.07) is 7.47. The smallest absolute Gasteiger partial charge is 0.0396 e. The average molecular weight is 274 g/mol. The van der Waals surface area contributed by atoms with Crippen molar-refractivity contribution in [2.45, 2.75) is 60.0 Å². The number of benzene rings is 1. The Morgan fingerprint density at radius 3 is 2.65 bits per heavy atom. The lowest BCUT2D eigenvalue weighted by Gasteiger charge is -2.40. The number of hydrogen-bond donors (Lipinski definition) is 1. The van der Waals surface area contributed by atoms with Crippen molar-refractivity contribution < 1.29 is 0 Å². The summed E-state index contributed by atoms with van der Waals surface area (Å²) in [5.74, 6) is 0. The highest BCUT2D eigenvalue weighted by Gasteiger charge is 2.26. The van der Waals surface area contributed by atoms with Gasteiger partial charge in [-0.15, -0.1) is 0 Å². The number of aryl methyl sites for hydroxylation is 1. The Hall–Kier alpha value is -1.02. The topological polar surface area (TPSA) is 15.3 Å². The molecule has 0 radical (unpaired) electrons. The maximum atomic E-state index is 3.49. The molecule has 1 aromatic rings.